The molecule has 0 radical (unpaired) electrons. The minimum absolute atomic E-state index is 0.171. The number of esters is 3. The van der Waals surface area contributed by atoms with E-state index in [9.17, 15) is 22.8 Å². The van der Waals surface area contributed by atoms with Crippen LogP contribution in [0.15, 0.2) is 11.8 Å². The lowest BCUT2D eigenvalue weighted by molar-refractivity contribution is -0.169. The van der Waals surface area contributed by atoms with Crippen LogP contribution in [-0.2, 0) is 43.4 Å². The van der Waals surface area contributed by atoms with Gasteiger partial charge in [0.15, 0.2) is 18.1 Å². The second-order valence-corrected chi connectivity index (χ2v) is 7.16. The average Bonchev–Trinajstić information content (AvgIpc) is 2.47. The molecule has 1 heterocycles. The number of ether oxygens (including phenoxy) is 4. The molecule has 0 aromatic rings. The van der Waals surface area contributed by atoms with Crippen molar-refractivity contribution in [1.29, 1.82) is 0 Å². The molecule has 0 bridgehead atoms. The summed E-state index contributed by atoms with van der Waals surface area (Å²) in [5.41, 5.74) is 0. The Hall–Kier alpha value is -1.98. The molecule has 0 aromatic carbocycles. The monoisotopic (exact) mass is 379 g/mol. The fourth-order valence-corrected chi connectivity index (χ4v) is 2.56. The van der Waals surface area contributed by atoms with Crippen molar-refractivity contribution in [1.82, 2.24) is 4.72 Å². The van der Waals surface area contributed by atoms with E-state index in [1.807, 2.05) is 0 Å². The van der Waals surface area contributed by atoms with Crippen molar-refractivity contribution in [2.75, 3.05) is 12.4 Å². The van der Waals surface area contributed by atoms with Crippen LogP contribution >= 0.6 is 0 Å². The van der Waals surface area contributed by atoms with E-state index in [-0.39, 0.29) is 18.1 Å². The minimum Gasteiger partial charge on any atom is -0.463 e. The summed E-state index contributed by atoms with van der Waals surface area (Å²) < 4.78 is 46.2. The third-order valence-electron chi connectivity index (χ3n) is 2.95. The Labute approximate surface area is 145 Å². The van der Waals surface area contributed by atoms with Crippen LogP contribution in [0.2, 0.25) is 0 Å². The van der Waals surface area contributed by atoms with Crippen LogP contribution in [0.5, 0.6) is 0 Å². The van der Waals surface area contributed by atoms with Gasteiger partial charge in [0.25, 0.3) is 0 Å². The lowest BCUT2D eigenvalue weighted by atomic mass is 10.1. The van der Waals surface area contributed by atoms with E-state index in [4.69, 9.17) is 18.9 Å². The summed E-state index contributed by atoms with van der Waals surface area (Å²) in [6.45, 7) is 4.59. The molecule has 0 aliphatic carbocycles. The fraction of sp³-hybridized carbons (Fsp3) is 0.643. The molecule has 3 atom stereocenters. The van der Waals surface area contributed by atoms with Crippen molar-refractivity contribution >= 4 is 27.9 Å². The largest absolute Gasteiger partial charge is 0.463 e. The molecule has 0 fully saturated rings. The van der Waals surface area contributed by atoms with Crippen molar-refractivity contribution in [3.05, 3.63) is 11.8 Å². The molecule has 0 saturated carbocycles. The van der Waals surface area contributed by atoms with E-state index in [1.54, 1.807) is 0 Å². The third kappa shape index (κ3) is 7.20. The zero-order valence-corrected chi connectivity index (χ0v) is 15.1. The smallest absolute Gasteiger partial charge is 0.307 e. The maximum absolute atomic E-state index is 11.8. The Morgan fingerprint density at radius 3 is 2.28 bits per heavy atom. The highest BCUT2D eigenvalue weighted by molar-refractivity contribution is 7.89. The van der Waals surface area contributed by atoms with Crippen molar-refractivity contribution < 1.29 is 41.7 Å². The van der Waals surface area contributed by atoms with E-state index in [0.29, 0.717) is 0 Å². The summed E-state index contributed by atoms with van der Waals surface area (Å²) >= 11 is 0. The van der Waals surface area contributed by atoms with Crippen LogP contribution in [0.4, 0.5) is 0 Å². The molecule has 0 aromatic heterocycles. The Morgan fingerprint density at radius 2 is 1.80 bits per heavy atom. The number of carbonyl (C=O) groups excluding carboxylic acids is 3. The molecule has 0 spiro atoms. The fourth-order valence-electron chi connectivity index (χ4n) is 1.90. The zero-order valence-electron chi connectivity index (χ0n) is 14.3. The molecule has 0 amide bonds. The highest BCUT2D eigenvalue weighted by atomic mass is 32.2. The zero-order chi connectivity index (χ0) is 19.2. The molecule has 0 unspecified atom stereocenters. The van der Waals surface area contributed by atoms with E-state index in [2.05, 4.69) is 4.72 Å². The SMILES string of the molecule is CCS(=O)(=O)N[C@H]1O[C@H](COC(C)=O)[C@@H](OC(C)=O)C=C1OC(C)=O. The predicted molar refractivity (Wildman–Crippen MR) is 83.3 cm³/mol. The highest BCUT2D eigenvalue weighted by Crippen LogP contribution is 2.23. The number of sulfonamides is 1. The summed E-state index contributed by atoms with van der Waals surface area (Å²) in [7, 11) is -3.71. The molecule has 1 rings (SSSR count). The number of rotatable bonds is 7. The van der Waals surface area contributed by atoms with Crippen LogP contribution in [-0.4, -0.2) is 57.1 Å². The summed E-state index contributed by atoms with van der Waals surface area (Å²) in [6, 6.07) is 0. The summed E-state index contributed by atoms with van der Waals surface area (Å²) in [6.07, 6.45) is -2.12. The maximum Gasteiger partial charge on any atom is 0.307 e. The molecule has 1 N–H and O–H groups in total. The van der Waals surface area contributed by atoms with Crippen LogP contribution < -0.4 is 4.72 Å². The number of hydrogen-bond acceptors (Lipinski definition) is 9. The highest BCUT2D eigenvalue weighted by Gasteiger charge is 2.38. The van der Waals surface area contributed by atoms with Crippen molar-refractivity contribution in [2.24, 2.45) is 0 Å². The number of hydrogen-bond donors (Lipinski definition) is 1. The van der Waals surface area contributed by atoms with Crippen LogP contribution in [0, 0.1) is 0 Å². The first-order valence-corrected chi connectivity index (χ1v) is 9.05. The van der Waals surface area contributed by atoms with Crippen LogP contribution in [0.25, 0.3) is 0 Å². The molecule has 11 heteroatoms. The molecule has 0 saturated heterocycles. The molecule has 1 aliphatic rings. The topological polar surface area (TPSA) is 134 Å². The second-order valence-electron chi connectivity index (χ2n) is 5.12. The van der Waals surface area contributed by atoms with Crippen molar-refractivity contribution in [3.8, 4) is 0 Å². The van der Waals surface area contributed by atoms with Gasteiger partial charge in [0.05, 0.1) is 5.75 Å². The van der Waals surface area contributed by atoms with Gasteiger partial charge in [-0.05, 0) is 6.92 Å². The Morgan fingerprint density at radius 1 is 1.16 bits per heavy atom. The summed E-state index contributed by atoms with van der Waals surface area (Å²) in [5.74, 6) is -2.36. The van der Waals surface area contributed by atoms with Gasteiger partial charge in [0.2, 0.25) is 10.0 Å². The van der Waals surface area contributed by atoms with Crippen LogP contribution in [0.1, 0.15) is 27.7 Å². The lowest BCUT2D eigenvalue weighted by Crippen LogP contribution is -2.50. The normalized spacial score (nSPS) is 23.4. The van der Waals surface area contributed by atoms with Gasteiger partial charge in [-0.3, -0.25) is 14.4 Å². The molecule has 142 valence electrons. The molecular weight excluding hydrogens is 358 g/mol. The quantitative estimate of drug-likeness (QED) is 0.463. The first-order chi connectivity index (χ1) is 11.5. The van der Waals surface area contributed by atoms with E-state index >= 15 is 0 Å². The molecule has 1 aliphatic heterocycles. The maximum atomic E-state index is 11.8. The summed E-state index contributed by atoms with van der Waals surface area (Å²) in [5, 5.41) is 0. The second kappa shape index (κ2) is 8.92. The van der Waals surface area contributed by atoms with Gasteiger partial charge in [-0.1, -0.05) is 0 Å². The Balaban J connectivity index is 3.13. The summed E-state index contributed by atoms with van der Waals surface area (Å²) in [4.78, 5) is 33.5. The van der Waals surface area contributed by atoms with Gasteiger partial charge < -0.3 is 18.9 Å². The van der Waals surface area contributed by atoms with E-state index < -0.39 is 46.4 Å². The van der Waals surface area contributed by atoms with E-state index in [1.165, 1.54) is 19.9 Å². The van der Waals surface area contributed by atoms with Gasteiger partial charge in [-0.15, -0.1) is 0 Å². The van der Waals surface area contributed by atoms with Gasteiger partial charge in [0.1, 0.15) is 12.7 Å². The number of nitrogens with one attached hydrogen (secondary N) is 1. The van der Waals surface area contributed by atoms with Crippen LogP contribution in [0.3, 0.4) is 0 Å². The standard InChI is InChI=1S/C14H21NO9S/c1-5-25(19,20)15-14-12(23-10(4)18)6-11(22-9(3)17)13(24-14)7-21-8(2)16/h6,11,13-15H,5,7H2,1-4H3/t11-,13+,14-/m0/s1. The van der Waals surface area contributed by atoms with Gasteiger partial charge in [-0.25, -0.2) is 8.42 Å². The first kappa shape index (κ1) is 21.1. The third-order valence-corrected chi connectivity index (χ3v) is 4.28. The Kier molecular flexibility index (Phi) is 7.52. The minimum atomic E-state index is -3.71. The number of carbonyl (C=O) groups is 3. The Bertz CT molecular complexity index is 655. The van der Waals surface area contributed by atoms with Gasteiger partial charge in [0, 0.05) is 26.8 Å². The molecular formula is C14H21NO9S. The molecule has 10 nitrogen and oxygen atoms in total. The van der Waals surface area contributed by atoms with Gasteiger partial charge >= 0.3 is 17.9 Å². The van der Waals surface area contributed by atoms with Crippen molar-refractivity contribution in [2.45, 2.75) is 46.1 Å². The average molecular weight is 379 g/mol. The van der Waals surface area contributed by atoms with Gasteiger partial charge in [-0.2, -0.15) is 4.72 Å². The lowest BCUT2D eigenvalue weighted by Gasteiger charge is -2.34. The van der Waals surface area contributed by atoms with Crippen molar-refractivity contribution in [3.63, 3.8) is 0 Å². The first-order valence-electron chi connectivity index (χ1n) is 7.40. The molecule has 25 heavy (non-hydrogen) atoms. The predicted octanol–water partition coefficient (Wildman–Crippen LogP) is -0.408. The van der Waals surface area contributed by atoms with E-state index in [0.717, 1.165) is 13.8 Å².